The van der Waals surface area contributed by atoms with Gasteiger partial charge in [-0.1, -0.05) is 26.0 Å². The lowest BCUT2D eigenvalue weighted by Crippen LogP contribution is -2.40. The quantitative estimate of drug-likeness (QED) is 0.935. The fraction of sp³-hybridized carbons (Fsp3) is 0.471. The zero-order valence-electron chi connectivity index (χ0n) is 13.8. The molecule has 3 rings (SSSR count). The Labute approximate surface area is 139 Å². The topological polar surface area (TPSA) is 71.2 Å². The summed E-state index contributed by atoms with van der Waals surface area (Å²) in [5.74, 6) is -0.0936. The lowest BCUT2D eigenvalue weighted by molar-refractivity contribution is 0.0536. The van der Waals surface area contributed by atoms with E-state index in [1.807, 2.05) is 13.8 Å². The van der Waals surface area contributed by atoms with Crippen LogP contribution in [0.1, 0.15) is 49.1 Å². The second-order valence-electron chi connectivity index (χ2n) is 6.33. The Bertz CT molecular complexity index is 736. The Balaban J connectivity index is 1.95. The summed E-state index contributed by atoms with van der Waals surface area (Å²) in [6.45, 7) is 4.80. The molecule has 1 amide bonds. The van der Waals surface area contributed by atoms with E-state index in [1.165, 1.54) is 10.7 Å². The maximum atomic E-state index is 14.1. The predicted octanol–water partition coefficient (Wildman–Crippen LogP) is 2.13. The van der Waals surface area contributed by atoms with E-state index in [0.717, 1.165) is 0 Å². The zero-order valence-corrected chi connectivity index (χ0v) is 13.8. The van der Waals surface area contributed by atoms with Gasteiger partial charge in [0.05, 0.1) is 6.10 Å². The number of amides is 1. The summed E-state index contributed by atoms with van der Waals surface area (Å²) >= 11 is 0. The van der Waals surface area contributed by atoms with E-state index in [0.29, 0.717) is 31.8 Å². The first kappa shape index (κ1) is 16.6. The number of likely N-dealkylation sites (tertiary alicyclic amines) is 1. The SMILES string of the molecule is CC(C)c1nc(C(=O)N2CCC(O)CC2)nn1-c1ccccc1F. The number of nitrogens with zero attached hydrogens (tertiary/aromatic N) is 4. The van der Waals surface area contributed by atoms with Crippen molar-refractivity contribution in [3.8, 4) is 5.69 Å². The Hall–Kier alpha value is -2.28. The van der Waals surface area contributed by atoms with Gasteiger partial charge in [0.2, 0.25) is 5.82 Å². The molecule has 2 heterocycles. The van der Waals surface area contributed by atoms with Crippen molar-refractivity contribution in [2.75, 3.05) is 13.1 Å². The number of carbonyl (C=O) groups excluding carboxylic acids is 1. The molecule has 128 valence electrons. The first-order valence-corrected chi connectivity index (χ1v) is 8.16. The Morgan fingerprint density at radius 2 is 1.96 bits per heavy atom. The highest BCUT2D eigenvalue weighted by atomic mass is 19.1. The Kier molecular flexibility index (Phi) is 4.62. The molecule has 0 spiro atoms. The highest BCUT2D eigenvalue weighted by Gasteiger charge is 2.27. The van der Waals surface area contributed by atoms with Crippen LogP contribution in [0.2, 0.25) is 0 Å². The van der Waals surface area contributed by atoms with Crippen LogP contribution in [0.3, 0.4) is 0 Å². The molecule has 0 aliphatic carbocycles. The summed E-state index contributed by atoms with van der Waals surface area (Å²) in [7, 11) is 0. The van der Waals surface area contributed by atoms with Gasteiger partial charge in [-0.3, -0.25) is 4.79 Å². The van der Waals surface area contributed by atoms with Crippen LogP contribution in [-0.2, 0) is 0 Å². The molecule has 1 aromatic heterocycles. The second kappa shape index (κ2) is 6.68. The van der Waals surface area contributed by atoms with E-state index in [-0.39, 0.29) is 29.4 Å². The first-order chi connectivity index (χ1) is 11.5. The first-order valence-electron chi connectivity index (χ1n) is 8.16. The van der Waals surface area contributed by atoms with Gasteiger partial charge in [0.15, 0.2) is 0 Å². The van der Waals surface area contributed by atoms with Crippen molar-refractivity contribution in [3.05, 3.63) is 41.7 Å². The van der Waals surface area contributed by atoms with Gasteiger partial charge in [-0.2, -0.15) is 0 Å². The molecular weight excluding hydrogens is 311 g/mol. The third kappa shape index (κ3) is 3.17. The van der Waals surface area contributed by atoms with Crippen molar-refractivity contribution in [1.29, 1.82) is 0 Å². The average molecular weight is 332 g/mol. The second-order valence-corrected chi connectivity index (χ2v) is 6.33. The number of aliphatic hydroxyl groups is 1. The number of benzene rings is 1. The molecule has 2 aromatic rings. The van der Waals surface area contributed by atoms with Crippen LogP contribution in [0.15, 0.2) is 24.3 Å². The van der Waals surface area contributed by atoms with Crippen molar-refractivity contribution >= 4 is 5.91 Å². The van der Waals surface area contributed by atoms with E-state index in [9.17, 15) is 14.3 Å². The molecule has 1 fully saturated rings. The van der Waals surface area contributed by atoms with E-state index in [4.69, 9.17) is 0 Å². The molecule has 7 heteroatoms. The smallest absolute Gasteiger partial charge is 0.293 e. The van der Waals surface area contributed by atoms with Crippen molar-refractivity contribution < 1.29 is 14.3 Å². The summed E-state index contributed by atoms with van der Waals surface area (Å²) in [6, 6.07) is 6.30. The summed E-state index contributed by atoms with van der Waals surface area (Å²) in [6.07, 6.45) is 0.748. The third-order valence-electron chi connectivity index (χ3n) is 4.17. The number of halogens is 1. The Morgan fingerprint density at radius 3 is 2.58 bits per heavy atom. The average Bonchev–Trinajstić information content (AvgIpc) is 3.00. The lowest BCUT2D eigenvalue weighted by atomic mass is 10.1. The predicted molar refractivity (Wildman–Crippen MR) is 86.6 cm³/mol. The van der Waals surface area contributed by atoms with Crippen LogP contribution in [0.4, 0.5) is 4.39 Å². The molecule has 1 aromatic carbocycles. The Morgan fingerprint density at radius 1 is 1.29 bits per heavy atom. The van der Waals surface area contributed by atoms with Crippen molar-refractivity contribution in [1.82, 2.24) is 19.7 Å². The van der Waals surface area contributed by atoms with Crippen molar-refractivity contribution in [2.24, 2.45) is 0 Å². The molecule has 1 N–H and O–H groups in total. The molecule has 1 aliphatic heterocycles. The van der Waals surface area contributed by atoms with Crippen LogP contribution in [-0.4, -0.2) is 49.9 Å². The summed E-state index contributed by atoms with van der Waals surface area (Å²) in [5, 5.41) is 13.8. The molecule has 0 radical (unpaired) electrons. The largest absolute Gasteiger partial charge is 0.393 e. The van der Waals surface area contributed by atoms with Gasteiger partial charge in [-0.15, -0.1) is 5.10 Å². The summed E-state index contributed by atoms with van der Waals surface area (Å²) in [4.78, 5) is 18.6. The molecule has 24 heavy (non-hydrogen) atoms. The van der Waals surface area contributed by atoms with Gasteiger partial charge in [-0.05, 0) is 25.0 Å². The van der Waals surface area contributed by atoms with E-state index in [1.54, 1.807) is 23.1 Å². The minimum atomic E-state index is -0.413. The van der Waals surface area contributed by atoms with Gasteiger partial charge >= 0.3 is 0 Å². The standard InChI is InChI=1S/C17H21FN4O2/c1-11(2)16-19-15(17(24)21-9-7-12(23)8-10-21)20-22(16)14-6-4-3-5-13(14)18/h3-6,11-12,23H,7-10H2,1-2H3. The maximum Gasteiger partial charge on any atom is 0.293 e. The normalized spacial score (nSPS) is 16.0. The van der Waals surface area contributed by atoms with Gasteiger partial charge in [-0.25, -0.2) is 14.1 Å². The molecule has 1 saturated heterocycles. The number of para-hydroxylation sites is 1. The number of carbonyl (C=O) groups is 1. The van der Waals surface area contributed by atoms with Crippen molar-refractivity contribution in [3.63, 3.8) is 0 Å². The van der Waals surface area contributed by atoms with Gasteiger partial charge in [0, 0.05) is 19.0 Å². The number of piperidine rings is 1. The monoisotopic (exact) mass is 332 g/mol. The fourth-order valence-corrected chi connectivity index (χ4v) is 2.80. The number of aromatic nitrogens is 3. The summed E-state index contributed by atoms with van der Waals surface area (Å²) in [5.41, 5.74) is 0.279. The van der Waals surface area contributed by atoms with Crippen LogP contribution >= 0.6 is 0 Å². The molecule has 0 bridgehead atoms. The summed E-state index contributed by atoms with van der Waals surface area (Å²) < 4.78 is 15.5. The van der Waals surface area contributed by atoms with Gasteiger partial charge in [0.1, 0.15) is 17.3 Å². The van der Waals surface area contributed by atoms with E-state index in [2.05, 4.69) is 10.1 Å². The molecule has 0 saturated carbocycles. The number of hydrogen-bond donors (Lipinski definition) is 1. The fourth-order valence-electron chi connectivity index (χ4n) is 2.80. The number of hydrogen-bond acceptors (Lipinski definition) is 4. The van der Waals surface area contributed by atoms with Gasteiger partial charge < -0.3 is 10.0 Å². The highest BCUT2D eigenvalue weighted by molar-refractivity contribution is 5.90. The molecule has 1 aliphatic rings. The highest BCUT2D eigenvalue weighted by Crippen LogP contribution is 2.21. The minimum Gasteiger partial charge on any atom is -0.393 e. The third-order valence-corrected chi connectivity index (χ3v) is 4.17. The van der Waals surface area contributed by atoms with Gasteiger partial charge in [0.25, 0.3) is 5.91 Å². The number of rotatable bonds is 3. The number of aliphatic hydroxyl groups excluding tert-OH is 1. The van der Waals surface area contributed by atoms with Crippen LogP contribution in [0.25, 0.3) is 5.69 Å². The van der Waals surface area contributed by atoms with Crippen molar-refractivity contribution in [2.45, 2.75) is 38.7 Å². The van der Waals surface area contributed by atoms with Crippen LogP contribution in [0.5, 0.6) is 0 Å². The lowest BCUT2D eigenvalue weighted by Gasteiger charge is -2.28. The minimum absolute atomic E-state index is 0.0122. The zero-order chi connectivity index (χ0) is 17.3. The molecule has 0 atom stereocenters. The van der Waals surface area contributed by atoms with E-state index >= 15 is 0 Å². The maximum absolute atomic E-state index is 14.1. The van der Waals surface area contributed by atoms with Crippen LogP contribution < -0.4 is 0 Å². The van der Waals surface area contributed by atoms with Crippen LogP contribution in [0, 0.1) is 5.82 Å². The molecule has 6 nitrogen and oxygen atoms in total. The van der Waals surface area contributed by atoms with E-state index < -0.39 is 5.82 Å². The molecule has 0 unspecified atom stereocenters. The molecular formula is C17H21FN4O2.